The standard InChI is InChI=1S/C19H33N3O3/c1-4-23-10-11-25-13-12-24-9-8-22(21)15-19(20)18-7-5-6-17(14-18)16(2)3/h5-7,14-16H,4,8-13,20-21H2,1-3H3/b19-15-. The van der Waals surface area contributed by atoms with Crippen molar-refractivity contribution in [1.29, 1.82) is 0 Å². The molecule has 0 aliphatic rings. The number of hydrogen-bond acceptors (Lipinski definition) is 6. The molecule has 6 nitrogen and oxygen atoms in total. The van der Waals surface area contributed by atoms with Crippen LogP contribution in [0.2, 0.25) is 0 Å². The zero-order valence-corrected chi connectivity index (χ0v) is 15.7. The van der Waals surface area contributed by atoms with Crippen LogP contribution in [-0.4, -0.2) is 51.2 Å². The van der Waals surface area contributed by atoms with E-state index in [9.17, 15) is 0 Å². The first-order chi connectivity index (χ1) is 12.0. The molecule has 0 saturated carbocycles. The Morgan fingerprint density at radius 3 is 2.36 bits per heavy atom. The van der Waals surface area contributed by atoms with E-state index in [4.69, 9.17) is 25.8 Å². The van der Waals surface area contributed by atoms with Gasteiger partial charge in [-0.3, -0.25) is 0 Å². The van der Waals surface area contributed by atoms with Gasteiger partial charge in [-0.05, 0) is 30.0 Å². The molecule has 0 aliphatic heterocycles. The molecule has 4 N–H and O–H groups in total. The van der Waals surface area contributed by atoms with Crippen molar-refractivity contribution < 1.29 is 14.2 Å². The summed E-state index contributed by atoms with van der Waals surface area (Å²) in [5.74, 6) is 6.42. The minimum Gasteiger partial charge on any atom is -0.397 e. The molecule has 0 spiro atoms. The molecule has 1 aromatic rings. The summed E-state index contributed by atoms with van der Waals surface area (Å²) in [6.07, 6.45) is 1.74. The van der Waals surface area contributed by atoms with Crippen LogP contribution in [0, 0.1) is 0 Å². The van der Waals surface area contributed by atoms with Crippen LogP contribution in [-0.2, 0) is 14.2 Å². The number of benzene rings is 1. The maximum absolute atomic E-state index is 6.14. The second kappa shape index (κ2) is 12.7. The van der Waals surface area contributed by atoms with E-state index in [1.54, 1.807) is 11.2 Å². The first-order valence-electron chi connectivity index (χ1n) is 8.86. The summed E-state index contributed by atoms with van der Waals surface area (Å²) >= 11 is 0. The highest BCUT2D eigenvalue weighted by molar-refractivity contribution is 5.62. The molecule has 0 atom stereocenters. The van der Waals surface area contributed by atoms with E-state index in [1.807, 2.05) is 19.1 Å². The van der Waals surface area contributed by atoms with Crippen LogP contribution < -0.4 is 11.6 Å². The lowest BCUT2D eigenvalue weighted by atomic mass is 10.00. The molecule has 0 radical (unpaired) electrons. The molecule has 6 heteroatoms. The molecule has 0 saturated heterocycles. The van der Waals surface area contributed by atoms with Gasteiger partial charge in [-0.2, -0.15) is 0 Å². The summed E-state index contributed by atoms with van der Waals surface area (Å²) < 4.78 is 16.0. The third kappa shape index (κ3) is 9.45. The van der Waals surface area contributed by atoms with E-state index >= 15 is 0 Å². The summed E-state index contributed by atoms with van der Waals surface area (Å²) in [6.45, 7) is 10.4. The predicted molar refractivity (Wildman–Crippen MR) is 102 cm³/mol. The van der Waals surface area contributed by atoms with E-state index in [0.29, 0.717) is 57.8 Å². The number of nitrogens with two attached hydrogens (primary N) is 2. The van der Waals surface area contributed by atoms with Crippen molar-refractivity contribution in [2.24, 2.45) is 11.6 Å². The highest BCUT2D eigenvalue weighted by Crippen LogP contribution is 2.18. The van der Waals surface area contributed by atoms with Gasteiger partial charge in [0.25, 0.3) is 0 Å². The van der Waals surface area contributed by atoms with Crippen molar-refractivity contribution in [3.63, 3.8) is 0 Å². The molecule has 1 rings (SSSR count). The highest BCUT2D eigenvalue weighted by Gasteiger charge is 2.03. The average molecular weight is 351 g/mol. The van der Waals surface area contributed by atoms with Gasteiger partial charge in [0.15, 0.2) is 0 Å². The molecule has 0 amide bonds. The normalized spacial score (nSPS) is 12.0. The Bertz CT molecular complexity index is 506. The molecule has 25 heavy (non-hydrogen) atoms. The minimum absolute atomic E-state index is 0.464. The summed E-state index contributed by atoms with van der Waals surface area (Å²) in [6, 6.07) is 8.20. The first kappa shape index (κ1) is 21.4. The van der Waals surface area contributed by atoms with Crippen LogP contribution in [0.4, 0.5) is 0 Å². The van der Waals surface area contributed by atoms with Gasteiger partial charge in [0.1, 0.15) is 0 Å². The smallest absolute Gasteiger partial charge is 0.0701 e. The molecular formula is C19H33N3O3. The van der Waals surface area contributed by atoms with Crippen molar-refractivity contribution in [2.75, 3.05) is 46.2 Å². The monoisotopic (exact) mass is 351 g/mol. The Labute approximate surface area is 151 Å². The zero-order valence-electron chi connectivity index (χ0n) is 15.7. The van der Waals surface area contributed by atoms with Crippen LogP contribution >= 0.6 is 0 Å². The maximum Gasteiger partial charge on any atom is 0.0701 e. The molecule has 0 aliphatic carbocycles. The maximum atomic E-state index is 6.14. The fraction of sp³-hybridized carbons (Fsp3) is 0.579. The van der Waals surface area contributed by atoms with E-state index in [2.05, 4.69) is 26.0 Å². The Morgan fingerprint density at radius 2 is 1.72 bits per heavy atom. The Hall–Kier alpha value is -1.60. The van der Waals surface area contributed by atoms with Crippen molar-refractivity contribution in [3.8, 4) is 0 Å². The molecular weight excluding hydrogens is 318 g/mol. The Balaban J connectivity index is 2.25. The predicted octanol–water partition coefficient (Wildman–Crippen LogP) is 2.31. The van der Waals surface area contributed by atoms with Gasteiger partial charge >= 0.3 is 0 Å². The summed E-state index contributed by atoms with van der Waals surface area (Å²) in [5, 5.41) is 1.55. The molecule has 142 valence electrons. The second-order valence-corrected chi connectivity index (χ2v) is 6.02. The fourth-order valence-corrected chi connectivity index (χ4v) is 2.15. The number of ether oxygens (including phenoxy) is 3. The molecule has 0 fully saturated rings. The van der Waals surface area contributed by atoms with Crippen molar-refractivity contribution >= 4 is 5.70 Å². The lowest BCUT2D eigenvalue weighted by molar-refractivity contribution is 0.0145. The highest BCUT2D eigenvalue weighted by atomic mass is 16.5. The van der Waals surface area contributed by atoms with E-state index in [0.717, 1.165) is 5.56 Å². The van der Waals surface area contributed by atoms with Gasteiger partial charge < -0.3 is 25.0 Å². The number of rotatable bonds is 13. The SMILES string of the molecule is CCOCCOCCOCCN(N)/C=C(\N)c1cccc(C(C)C)c1. The molecule has 0 unspecified atom stereocenters. The van der Waals surface area contributed by atoms with Crippen molar-refractivity contribution in [3.05, 3.63) is 41.6 Å². The largest absolute Gasteiger partial charge is 0.397 e. The second-order valence-electron chi connectivity index (χ2n) is 6.02. The quantitative estimate of drug-likeness (QED) is 0.322. The zero-order chi connectivity index (χ0) is 18.5. The summed E-state index contributed by atoms with van der Waals surface area (Å²) in [5.41, 5.74) is 9.02. The lowest BCUT2D eigenvalue weighted by Gasteiger charge is -2.16. The van der Waals surface area contributed by atoms with E-state index in [1.165, 1.54) is 5.56 Å². The van der Waals surface area contributed by atoms with Gasteiger partial charge in [0.2, 0.25) is 0 Å². The fourth-order valence-electron chi connectivity index (χ4n) is 2.15. The van der Waals surface area contributed by atoms with Crippen molar-refractivity contribution in [1.82, 2.24) is 5.01 Å². The first-order valence-corrected chi connectivity index (χ1v) is 8.86. The summed E-state index contributed by atoms with van der Waals surface area (Å²) in [7, 11) is 0. The van der Waals surface area contributed by atoms with Gasteiger partial charge in [-0.1, -0.05) is 32.0 Å². The molecule has 0 aromatic heterocycles. The average Bonchev–Trinajstić information content (AvgIpc) is 2.60. The molecule has 0 bridgehead atoms. The van der Waals surface area contributed by atoms with Gasteiger partial charge in [-0.15, -0.1) is 0 Å². The van der Waals surface area contributed by atoms with Crippen LogP contribution in [0.5, 0.6) is 0 Å². The van der Waals surface area contributed by atoms with Crippen molar-refractivity contribution in [2.45, 2.75) is 26.7 Å². The summed E-state index contributed by atoms with van der Waals surface area (Å²) in [4.78, 5) is 0. The van der Waals surface area contributed by atoms with Gasteiger partial charge in [0, 0.05) is 12.8 Å². The number of hydrogen-bond donors (Lipinski definition) is 2. The Kier molecular flexibility index (Phi) is 10.9. The molecule has 1 aromatic carbocycles. The topological polar surface area (TPSA) is 83.0 Å². The number of nitrogens with zero attached hydrogens (tertiary/aromatic N) is 1. The van der Waals surface area contributed by atoms with Crippen LogP contribution in [0.1, 0.15) is 37.8 Å². The van der Waals surface area contributed by atoms with Crippen LogP contribution in [0.3, 0.4) is 0 Å². The minimum atomic E-state index is 0.464. The Morgan fingerprint density at radius 1 is 1.08 bits per heavy atom. The van der Waals surface area contributed by atoms with Crippen LogP contribution in [0.25, 0.3) is 5.70 Å². The third-order valence-electron chi connectivity index (χ3n) is 3.63. The van der Waals surface area contributed by atoms with Gasteiger partial charge in [-0.25, -0.2) is 5.84 Å². The molecule has 0 heterocycles. The van der Waals surface area contributed by atoms with Crippen LogP contribution in [0.15, 0.2) is 30.5 Å². The third-order valence-corrected chi connectivity index (χ3v) is 3.63. The van der Waals surface area contributed by atoms with E-state index < -0.39 is 0 Å². The van der Waals surface area contributed by atoms with E-state index in [-0.39, 0.29) is 0 Å². The number of hydrazine groups is 1. The lowest BCUT2D eigenvalue weighted by Crippen LogP contribution is -2.30. The van der Waals surface area contributed by atoms with Gasteiger partial charge in [0.05, 0.1) is 45.3 Å².